The summed E-state index contributed by atoms with van der Waals surface area (Å²) >= 11 is 0. The first-order valence-electron chi connectivity index (χ1n) is 11.3. The highest BCUT2D eigenvalue weighted by Gasteiger charge is 2.17. The van der Waals surface area contributed by atoms with Gasteiger partial charge in [0.25, 0.3) is 5.91 Å². The summed E-state index contributed by atoms with van der Waals surface area (Å²) in [4.78, 5) is 41.5. The van der Waals surface area contributed by atoms with Crippen LogP contribution >= 0.6 is 0 Å². The molecule has 1 aromatic heterocycles. The molecule has 0 aliphatic carbocycles. The molecule has 4 rings (SSSR count). The summed E-state index contributed by atoms with van der Waals surface area (Å²) in [6.07, 6.45) is 0. The number of carbonyl (C=O) groups excluding carboxylic acids is 3. The van der Waals surface area contributed by atoms with Crippen molar-refractivity contribution in [2.45, 2.75) is 6.92 Å². The molecule has 0 fully saturated rings. The predicted octanol–water partition coefficient (Wildman–Crippen LogP) is 4.67. The Labute approximate surface area is 213 Å². The molecule has 0 spiro atoms. The number of methoxy groups -OCH3 is 2. The molecule has 0 unspecified atom stereocenters. The summed E-state index contributed by atoms with van der Waals surface area (Å²) in [5.74, 6) is -0.317. The fourth-order valence-electron chi connectivity index (χ4n) is 3.77. The largest absolute Gasteiger partial charge is 0.493 e. The maximum atomic E-state index is 13.1. The number of fused-ring (bicyclic) bond motifs is 1. The molecule has 2 amide bonds. The maximum absolute atomic E-state index is 13.1. The molecule has 0 saturated carbocycles. The SMILES string of the molecule is COc1ccc(-c2cc(C(=O)OCC(=O)Nc3cccc(NC(C)=O)c3)c3ccccc3n2)cc1OC. The Morgan fingerprint density at radius 1 is 0.811 bits per heavy atom. The molecule has 0 aliphatic heterocycles. The van der Waals surface area contributed by atoms with E-state index >= 15 is 0 Å². The number of nitrogens with one attached hydrogen (secondary N) is 2. The van der Waals surface area contributed by atoms with E-state index < -0.39 is 18.5 Å². The number of benzene rings is 3. The highest BCUT2D eigenvalue weighted by molar-refractivity contribution is 6.05. The van der Waals surface area contributed by atoms with Crippen molar-refractivity contribution in [1.29, 1.82) is 0 Å². The number of hydrogen-bond acceptors (Lipinski definition) is 7. The van der Waals surface area contributed by atoms with Gasteiger partial charge in [-0.1, -0.05) is 24.3 Å². The summed E-state index contributed by atoms with van der Waals surface area (Å²) < 4.78 is 16.0. The van der Waals surface area contributed by atoms with Crippen LogP contribution in [0.25, 0.3) is 22.2 Å². The van der Waals surface area contributed by atoms with Crippen LogP contribution in [0.15, 0.2) is 72.8 Å². The Kier molecular flexibility index (Phi) is 7.63. The van der Waals surface area contributed by atoms with Crippen LogP contribution in [-0.4, -0.2) is 43.6 Å². The number of hydrogen-bond donors (Lipinski definition) is 2. The lowest BCUT2D eigenvalue weighted by Crippen LogP contribution is -2.21. The number of esters is 1. The van der Waals surface area contributed by atoms with Gasteiger partial charge in [-0.25, -0.2) is 9.78 Å². The van der Waals surface area contributed by atoms with Crippen molar-refractivity contribution in [3.63, 3.8) is 0 Å². The number of amides is 2. The maximum Gasteiger partial charge on any atom is 0.339 e. The third-order valence-electron chi connectivity index (χ3n) is 5.42. The molecule has 3 aromatic carbocycles. The molecule has 0 radical (unpaired) electrons. The quantitative estimate of drug-likeness (QED) is 0.338. The van der Waals surface area contributed by atoms with E-state index in [0.717, 1.165) is 0 Å². The van der Waals surface area contributed by atoms with Crippen molar-refractivity contribution in [1.82, 2.24) is 4.98 Å². The molecule has 0 atom stereocenters. The minimum atomic E-state index is -0.664. The van der Waals surface area contributed by atoms with E-state index in [-0.39, 0.29) is 11.5 Å². The number of rotatable bonds is 8. The molecule has 0 bridgehead atoms. The summed E-state index contributed by atoms with van der Waals surface area (Å²) in [5, 5.41) is 5.90. The number of carbonyl (C=O) groups is 3. The average molecular weight is 500 g/mol. The van der Waals surface area contributed by atoms with E-state index in [0.29, 0.717) is 45.0 Å². The first-order valence-corrected chi connectivity index (χ1v) is 11.3. The highest BCUT2D eigenvalue weighted by Crippen LogP contribution is 2.33. The van der Waals surface area contributed by atoms with E-state index in [1.165, 1.54) is 6.92 Å². The van der Waals surface area contributed by atoms with Gasteiger partial charge in [-0.05, 0) is 48.5 Å². The monoisotopic (exact) mass is 499 g/mol. The molecule has 1 heterocycles. The van der Waals surface area contributed by atoms with Gasteiger partial charge in [-0.2, -0.15) is 0 Å². The van der Waals surface area contributed by atoms with Crippen LogP contribution in [0, 0.1) is 0 Å². The first-order chi connectivity index (χ1) is 17.9. The number of pyridine rings is 1. The zero-order valence-corrected chi connectivity index (χ0v) is 20.5. The molecule has 9 heteroatoms. The molecular formula is C28H25N3O6. The molecule has 2 N–H and O–H groups in total. The highest BCUT2D eigenvalue weighted by atomic mass is 16.5. The smallest absolute Gasteiger partial charge is 0.339 e. The molecule has 37 heavy (non-hydrogen) atoms. The van der Waals surface area contributed by atoms with Crippen LogP contribution in [-0.2, 0) is 14.3 Å². The second-order valence-corrected chi connectivity index (χ2v) is 8.03. The summed E-state index contributed by atoms with van der Waals surface area (Å²) in [6, 6.07) is 20.8. The first kappa shape index (κ1) is 25.2. The Morgan fingerprint density at radius 3 is 2.27 bits per heavy atom. The molecule has 9 nitrogen and oxygen atoms in total. The Bertz CT molecular complexity index is 1480. The van der Waals surface area contributed by atoms with Crippen LogP contribution in [0.4, 0.5) is 11.4 Å². The van der Waals surface area contributed by atoms with E-state index in [2.05, 4.69) is 15.6 Å². The third-order valence-corrected chi connectivity index (χ3v) is 5.42. The lowest BCUT2D eigenvalue weighted by atomic mass is 10.0. The Hall–Kier alpha value is -4.92. The van der Waals surface area contributed by atoms with E-state index in [1.807, 2.05) is 12.1 Å². The van der Waals surface area contributed by atoms with Gasteiger partial charge in [-0.15, -0.1) is 0 Å². The number of aromatic nitrogens is 1. The second-order valence-electron chi connectivity index (χ2n) is 8.03. The normalized spacial score (nSPS) is 10.5. The van der Waals surface area contributed by atoms with E-state index in [9.17, 15) is 14.4 Å². The van der Waals surface area contributed by atoms with Crippen molar-refractivity contribution >= 4 is 40.1 Å². The zero-order chi connectivity index (χ0) is 26.4. The Morgan fingerprint density at radius 2 is 1.54 bits per heavy atom. The third kappa shape index (κ3) is 6.02. The van der Waals surface area contributed by atoms with Gasteiger partial charge < -0.3 is 24.8 Å². The lowest BCUT2D eigenvalue weighted by molar-refractivity contribution is -0.119. The fourth-order valence-corrected chi connectivity index (χ4v) is 3.77. The van der Waals surface area contributed by atoms with E-state index in [4.69, 9.17) is 14.2 Å². The van der Waals surface area contributed by atoms with Crippen LogP contribution in [0.5, 0.6) is 11.5 Å². The van der Waals surface area contributed by atoms with Gasteiger partial charge in [0, 0.05) is 29.2 Å². The van der Waals surface area contributed by atoms with Crippen LogP contribution in [0.2, 0.25) is 0 Å². The van der Waals surface area contributed by atoms with Gasteiger partial charge >= 0.3 is 5.97 Å². The van der Waals surface area contributed by atoms with Gasteiger partial charge in [0.1, 0.15) is 0 Å². The van der Waals surface area contributed by atoms with Crippen molar-refractivity contribution in [3.05, 3.63) is 78.4 Å². The number of nitrogens with zero attached hydrogens (tertiary/aromatic N) is 1. The van der Waals surface area contributed by atoms with Gasteiger partial charge in [0.2, 0.25) is 5.91 Å². The fraction of sp³-hybridized carbons (Fsp3) is 0.143. The van der Waals surface area contributed by atoms with Crippen molar-refractivity contribution < 1.29 is 28.6 Å². The zero-order valence-electron chi connectivity index (χ0n) is 20.5. The minimum absolute atomic E-state index is 0.227. The van der Waals surface area contributed by atoms with Crippen molar-refractivity contribution in [2.75, 3.05) is 31.5 Å². The van der Waals surface area contributed by atoms with Crippen molar-refractivity contribution in [2.24, 2.45) is 0 Å². The van der Waals surface area contributed by atoms with Gasteiger partial charge in [-0.3, -0.25) is 9.59 Å². The predicted molar refractivity (Wildman–Crippen MR) is 140 cm³/mol. The average Bonchev–Trinajstić information content (AvgIpc) is 2.90. The number of ether oxygens (including phenoxy) is 3. The van der Waals surface area contributed by atoms with Crippen LogP contribution in [0.3, 0.4) is 0 Å². The standard InChI is InChI=1S/C28H25N3O6/c1-17(32)29-19-7-6-8-20(14-19)30-27(33)16-37-28(34)22-15-24(31-23-10-5-4-9-21(22)23)18-11-12-25(35-2)26(13-18)36-3/h4-15H,16H2,1-3H3,(H,29,32)(H,30,33). The molecular weight excluding hydrogens is 474 g/mol. The van der Waals surface area contributed by atoms with Gasteiger partial charge in [0.05, 0.1) is 31.0 Å². The molecule has 4 aromatic rings. The summed E-state index contributed by atoms with van der Waals surface area (Å²) in [6.45, 7) is 0.898. The van der Waals surface area contributed by atoms with E-state index in [1.54, 1.807) is 74.9 Å². The minimum Gasteiger partial charge on any atom is -0.493 e. The lowest BCUT2D eigenvalue weighted by Gasteiger charge is -2.12. The Balaban J connectivity index is 1.55. The van der Waals surface area contributed by atoms with Crippen LogP contribution < -0.4 is 20.1 Å². The molecule has 0 saturated heterocycles. The van der Waals surface area contributed by atoms with Crippen molar-refractivity contribution in [3.8, 4) is 22.8 Å². The number of anilines is 2. The number of para-hydroxylation sites is 1. The summed E-state index contributed by atoms with van der Waals surface area (Å²) in [7, 11) is 3.09. The molecule has 188 valence electrons. The second kappa shape index (κ2) is 11.2. The van der Waals surface area contributed by atoms with Gasteiger partial charge in [0.15, 0.2) is 18.1 Å². The summed E-state index contributed by atoms with van der Waals surface area (Å²) in [5.41, 5.74) is 3.11. The topological polar surface area (TPSA) is 116 Å². The van der Waals surface area contributed by atoms with Crippen LogP contribution in [0.1, 0.15) is 17.3 Å². The molecule has 0 aliphatic rings.